The molecule has 1 saturated heterocycles. The predicted octanol–water partition coefficient (Wildman–Crippen LogP) is 2.22. The van der Waals surface area contributed by atoms with Crippen molar-refractivity contribution < 1.29 is 4.74 Å². The van der Waals surface area contributed by atoms with E-state index in [0.29, 0.717) is 0 Å². The van der Waals surface area contributed by atoms with Gasteiger partial charge in [-0.3, -0.25) is 0 Å². The van der Waals surface area contributed by atoms with Crippen molar-refractivity contribution in [3.05, 3.63) is 0 Å². The molecule has 3 nitrogen and oxygen atoms in total. The lowest BCUT2D eigenvalue weighted by Crippen LogP contribution is -2.33. The first-order valence-electron chi connectivity index (χ1n) is 7.31. The van der Waals surface area contributed by atoms with Crippen molar-refractivity contribution >= 4 is 0 Å². The molecule has 0 atom stereocenters. The molecule has 102 valence electrons. The quantitative estimate of drug-likeness (QED) is 0.577. The summed E-state index contributed by atoms with van der Waals surface area (Å²) in [4.78, 5) is 4.90. The normalized spacial score (nSPS) is 17.8. The lowest BCUT2D eigenvalue weighted by Gasteiger charge is -2.26. The predicted molar refractivity (Wildman–Crippen MR) is 73.5 cm³/mol. The molecule has 0 N–H and O–H groups in total. The molecule has 0 amide bonds. The summed E-state index contributed by atoms with van der Waals surface area (Å²) < 4.78 is 5.70. The smallest absolute Gasteiger partial charge is 0.0594 e. The summed E-state index contributed by atoms with van der Waals surface area (Å²) in [5, 5.41) is 0. The summed E-state index contributed by atoms with van der Waals surface area (Å²) in [5.41, 5.74) is 0. The third-order valence-corrected chi connectivity index (χ3v) is 3.51. The molecule has 0 unspecified atom stereocenters. The van der Waals surface area contributed by atoms with E-state index >= 15 is 0 Å². The maximum atomic E-state index is 5.70. The van der Waals surface area contributed by atoms with Gasteiger partial charge in [0.05, 0.1) is 13.2 Å². The second-order valence-corrected chi connectivity index (χ2v) is 5.17. The highest BCUT2D eigenvalue weighted by atomic mass is 16.5. The summed E-state index contributed by atoms with van der Waals surface area (Å²) in [5.74, 6) is 0. The maximum absolute atomic E-state index is 5.70. The molecule has 1 heterocycles. The van der Waals surface area contributed by atoms with E-state index < -0.39 is 0 Å². The van der Waals surface area contributed by atoms with Crippen LogP contribution in [0.15, 0.2) is 0 Å². The number of likely N-dealkylation sites (N-methyl/N-ethyl adjacent to an activating group) is 1. The van der Waals surface area contributed by atoms with Crippen LogP contribution in [0.3, 0.4) is 0 Å². The Balaban J connectivity index is 1.86. The molecule has 0 aliphatic carbocycles. The molecule has 0 radical (unpaired) electrons. The Morgan fingerprint density at radius 1 is 1.06 bits per heavy atom. The molecule has 0 bridgehead atoms. The molecule has 0 aromatic heterocycles. The highest BCUT2D eigenvalue weighted by Crippen LogP contribution is 2.07. The Labute approximate surface area is 107 Å². The van der Waals surface area contributed by atoms with Crippen molar-refractivity contribution in [3.63, 3.8) is 0 Å². The van der Waals surface area contributed by atoms with Gasteiger partial charge in [-0.25, -0.2) is 0 Å². The van der Waals surface area contributed by atoms with Gasteiger partial charge in [0, 0.05) is 13.1 Å². The van der Waals surface area contributed by atoms with E-state index in [1.54, 1.807) is 0 Å². The molecule has 17 heavy (non-hydrogen) atoms. The molecule has 0 aromatic rings. The number of piperidine rings is 1. The number of rotatable bonds is 9. The molecule has 0 saturated carbocycles. The van der Waals surface area contributed by atoms with Crippen molar-refractivity contribution in [2.24, 2.45) is 0 Å². The highest BCUT2D eigenvalue weighted by Gasteiger charge is 2.08. The summed E-state index contributed by atoms with van der Waals surface area (Å²) in [6.45, 7) is 9.98. The minimum absolute atomic E-state index is 0.883. The molecule has 1 rings (SSSR count). The van der Waals surface area contributed by atoms with Crippen LogP contribution in [0.25, 0.3) is 0 Å². The van der Waals surface area contributed by atoms with Crippen LogP contribution in [0, 0.1) is 0 Å². The summed E-state index contributed by atoms with van der Waals surface area (Å²) in [6, 6.07) is 0. The standard InChI is InChI=1S/C14H30N2O/c1-3-4-8-15(2)11-13-17-14-12-16-9-6-5-7-10-16/h3-14H2,1-2H3. The number of unbranched alkanes of at least 4 members (excludes halogenated alkanes) is 1. The van der Waals surface area contributed by atoms with E-state index in [9.17, 15) is 0 Å². The average molecular weight is 242 g/mol. The van der Waals surface area contributed by atoms with Gasteiger partial charge in [0.15, 0.2) is 0 Å². The van der Waals surface area contributed by atoms with Crippen molar-refractivity contribution in [2.75, 3.05) is 53.0 Å². The van der Waals surface area contributed by atoms with E-state index in [1.807, 2.05) is 0 Å². The van der Waals surface area contributed by atoms with Crippen LogP contribution < -0.4 is 0 Å². The lowest BCUT2D eigenvalue weighted by molar-refractivity contribution is 0.0827. The second-order valence-electron chi connectivity index (χ2n) is 5.17. The van der Waals surface area contributed by atoms with Crippen molar-refractivity contribution in [1.29, 1.82) is 0 Å². The molecular weight excluding hydrogens is 212 g/mol. The van der Waals surface area contributed by atoms with E-state index in [1.165, 1.54) is 51.7 Å². The molecule has 1 aliphatic rings. The first-order valence-corrected chi connectivity index (χ1v) is 7.31. The zero-order valence-corrected chi connectivity index (χ0v) is 11.8. The van der Waals surface area contributed by atoms with Crippen LogP contribution in [-0.2, 0) is 4.74 Å². The Kier molecular flexibility index (Phi) is 8.67. The Morgan fingerprint density at radius 3 is 2.53 bits per heavy atom. The third kappa shape index (κ3) is 7.74. The molecule has 1 aliphatic heterocycles. The zero-order valence-electron chi connectivity index (χ0n) is 11.8. The highest BCUT2D eigenvalue weighted by molar-refractivity contribution is 4.63. The average Bonchev–Trinajstić information content (AvgIpc) is 2.37. The second kappa shape index (κ2) is 9.86. The van der Waals surface area contributed by atoms with Gasteiger partial charge in [-0.15, -0.1) is 0 Å². The van der Waals surface area contributed by atoms with E-state index in [-0.39, 0.29) is 0 Å². The Morgan fingerprint density at radius 2 is 1.82 bits per heavy atom. The van der Waals surface area contributed by atoms with Crippen LogP contribution in [0.1, 0.15) is 39.0 Å². The number of hydrogen-bond acceptors (Lipinski definition) is 3. The fraction of sp³-hybridized carbons (Fsp3) is 1.00. The number of ether oxygens (including phenoxy) is 1. The van der Waals surface area contributed by atoms with Gasteiger partial charge in [0.2, 0.25) is 0 Å². The van der Waals surface area contributed by atoms with Crippen LogP contribution in [0.5, 0.6) is 0 Å². The van der Waals surface area contributed by atoms with Gasteiger partial charge in [0.25, 0.3) is 0 Å². The van der Waals surface area contributed by atoms with Gasteiger partial charge in [-0.1, -0.05) is 19.8 Å². The van der Waals surface area contributed by atoms with Gasteiger partial charge >= 0.3 is 0 Å². The Bertz CT molecular complexity index is 170. The maximum Gasteiger partial charge on any atom is 0.0594 e. The SMILES string of the molecule is CCCCN(C)CCOCCN1CCCCC1. The van der Waals surface area contributed by atoms with Crippen LogP contribution in [0.2, 0.25) is 0 Å². The molecule has 1 fully saturated rings. The van der Waals surface area contributed by atoms with E-state index in [0.717, 1.165) is 26.3 Å². The van der Waals surface area contributed by atoms with Gasteiger partial charge in [-0.2, -0.15) is 0 Å². The first-order chi connectivity index (χ1) is 8.33. The number of nitrogens with zero attached hydrogens (tertiary/aromatic N) is 2. The number of likely N-dealkylation sites (tertiary alicyclic amines) is 1. The number of hydrogen-bond donors (Lipinski definition) is 0. The molecule has 0 spiro atoms. The monoisotopic (exact) mass is 242 g/mol. The summed E-state index contributed by atoms with van der Waals surface area (Å²) in [7, 11) is 2.18. The summed E-state index contributed by atoms with van der Waals surface area (Å²) >= 11 is 0. The van der Waals surface area contributed by atoms with Gasteiger partial charge in [-0.05, 0) is 45.9 Å². The third-order valence-electron chi connectivity index (χ3n) is 3.51. The van der Waals surface area contributed by atoms with Gasteiger partial charge < -0.3 is 14.5 Å². The largest absolute Gasteiger partial charge is 0.379 e. The van der Waals surface area contributed by atoms with Crippen molar-refractivity contribution in [3.8, 4) is 0 Å². The zero-order chi connectivity index (χ0) is 12.3. The first kappa shape index (κ1) is 14.9. The fourth-order valence-electron chi connectivity index (χ4n) is 2.24. The topological polar surface area (TPSA) is 15.7 Å². The fourth-order valence-corrected chi connectivity index (χ4v) is 2.24. The van der Waals surface area contributed by atoms with Crippen molar-refractivity contribution in [2.45, 2.75) is 39.0 Å². The van der Waals surface area contributed by atoms with Crippen molar-refractivity contribution in [1.82, 2.24) is 9.80 Å². The minimum atomic E-state index is 0.883. The van der Waals surface area contributed by atoms with E-state index in [4.69, 9.17) is 4.74 Å². The lowest BCUT2D eigenvalue weighted by atomic mass is 10.1. The van der Waals surface area contributed by atoms with Crippen LogP contribution >= 0.6 is 0 Å². The summed E-state index contributed by atoms with van der Waals surface area (Å²) in [6.07, 6.45) is 6.74. The van der Waals surface area contributed by atoms with Crippen LogP contribution in [-0.4, -0.2) is 62.8 Å². The Hall–Kier alpha value is -0.120. The molecule has 3 heteroatoms. The van der Waals surface area contributed by atoms with Crippen LogP contribution in [0.4, 0.5) is 0 Å². The van der Waals surface area contributed by atoms with E-state index in [2.05, 4.69) is 23.8 Å². The molecule has 0 aromatic carbocycles. The minimum Gasteiger partial charge on any atom is -0.379 e. The molecular formula is C14H30N2O. The van der Waals surface area contributed by atoms with Gasteiger partial charge in [0.1, 0.15) is 0 Å².